The first-order valence-electron chi connectivity index (χ1n) is 8.03. The minimum Gasteiger partial charge on any atom is -0.0622 e. The molecule has 0 aliphatic heterocycles. The summed E-state index contributed by atoms with van der Waals surface area (Å²) in [5.74, 6) is 0. The molecule has 0 N–H and O–H groups in total. The molecule has 1 aliphatic rings. The van der Waals surface area contributed by atoms with Crippen LogP contribution in [-0.2, 0) is 11.8 Å². The van der Waals surface area contributed by atoms with Crippen molar-refractivity contribution in [2.45, 2.75) is 25.7 Å². The van der Waals surface area contributed by atoms with E-state index in [-0.39, 0.29) is 5.41 Å². The normalized spacial score (nSPS) is 14.4. The summed E-state index contributed by atoms with van der Waals surface area (Å²) in [6.07, 6.45) is 0.994. The summed E-state index contributed by atoms with van der Waals surface area (Å²) in [4.78, 5) is 0. The smallest absolute Gasteiger partial charge is 0.0158 e. The molecule has 0 bridgehead atoms. The summed E-state index contributed by atoms with van der Waals surface area (Å²) in [6.45, 7) is 4.67. The van der Waals surface area contributed by atoms with Crippen molar-refractivity contribution in [3.05, 3.63) is 92.6 Å². The first-order chi connectivity index (χ1) is 11.1. The number of rotatable bonds is 2. The van der Waals surface area contributed by atoms with E-state index in [0.717, 1.165) is 6.42 Å². The molecular weight excluding hydrogens is 391 g/mol. The van der Waals surface area contributed by atoms with Crippen LogP contribution < -0.4 is 0 Å². The minimum absolute atomic E-state index is 0.0975. The van der Waals surface area contributed by atoms with Gasteiger partial charge in [0.15, 0.2) is 0 Å². The summed E-state index contributed by atoms with van der Waals surface area (Å²) in [5.41, 5.74) is 8.57. The van der Waals surface area contributed by atoms with Crippen LogP contribution in [-0.4, -0.2) is 0 Å². The molecule has 3 aromatic rings. The van der Waals surface area contributed by atoms with Crippen LogP contribution in [0, 0.1) is 3.57 Å². The van der Waals surface area contributed by atoms with Gasteiger partial charge in [0.05, 0.1) is 0 Å². The van der Waals surface area contributed by atoms with Gasteiger partial charge in [0.25, 0.3) is 0 Å². The Balaban J connectivity index is 1.82. The largest absolute Gasteiger partial charge is 0.0622 e. The minimum atomic E-state index is 0.0975. The van der Waals surface area contributed by atoms with Crippen molar-refractivity contribution in [3.63, 3.8) is 0 Å². The highest BCUT2D eigenvalue weighted by Gasteiger charge is 2.35. The van der Waals surface area contributed by atoms with Gasteiger partial charge in [-0.25, -0.2) is 0 Å². The van der Waals surface area contributed by atoms with Crippen molar-refractivity contribution in [3.8, 4) is 11.1 Å². The zero-order chi connectivity index (χ0) is 16.0. The molecule has 3 aromatic carbocycles. The van der Waals surface area contributed by atoms with Crippen LogP contribution in [0.25, 0.3) is 11.1 Å². The van der Waals surface area contributed by atoms with E-state index in [2.05, 4.69) is 103 Å². The predicted molar refractivity (Wildman–Crippen MR) is 106 cm³/mol. The van der Waals surface area contributed by atoms with E-state index in [4.69, 9.17) is 0 Å². The van der Waals surface area contributed by atoms with Gasteiger partial charge in [-0.1, -0.05) is 68.4 Å². The Morgan fingerprint density at radius 3 is 2.13 bits per heavy atom. The highest BCUT2D eigenvalue weighted by molar-refractivity contribution is 14.1. The molecule has 0 spiro atoms. The van der Waals surface area contributed by atoms with Crippen molar-refractivity contribution in [1.29, 1.82) is 0 Å². The second kappa shape index (κ2) is 5.48. The first kappa shape index (κ1) is 14.9. The number of hydrogen-bond donors (Lipinski definition) is 0. The van der Waals surface area contributed by atoms with Gasteiger partial charge in [-0.15, -0.1) is 0 Å². The van der Waals surface area contributed by atoms with Crippen LogP contribution in [0.4, 0.5) is 0 Å². The maximum atomic E-state index is 2.41. The average molecular weight is 410 g/mol. The van der Waals surface area contributed by atoms with Crippen LogP contribution in [0.15, 0.2) is 66.7 Å². The van der Waals surface area contributed by atoms with Crippen molar-refractivity contribution in [2.24, 2.45) is 0 Å². The zero-order valence-electron chi connectivity index (χ0n) is 13.4. The molecule has 23 heavy (non-hydrogen) atoms. The Morgan fingerprint density at radius 1 is 0.739 bits per heavy atom. The van der Waals surface area contributed by atoms with Crippen LogP contribution >= 0.6 is 22.6 Å². The van der Waals surface area contributed by atoms with E-state index in [1.165, 1.54) is 37.0 Å². The average Bonchev–Trinajstić information content (AvgIpc) is 2.76. The summed E-state index contributed by atoms with van der Waals surface area (Å²) >= 11 is 2.41. The molecule has 0 saturated heterocycles. The van der Waals surface area contributed by atoms with Crippen LogP contribution in [0.2, 0.25) is 0 Å². The van der Waals surface area contributed by atoms with Crippen molar-refractivity contribution in [1.82, 2.24) is 0 Å². The van der Waals surface area contributed by atoms with Gasteiger partial charge >= 0.3 is 0 Å². The molecule has 0 heterocycles. The third-order valence-electron chi connectivity index (χ3n) is 4.95. The lowest BCUT2D eigenvalue weighted by atomic mass is 9.82. The maximum Gasteiger partial charge on any atom is 0.0158 e. The van der Waals surface area contributed by atoms with E-state index >= 15 is 0 Å². The summed E-state index contributed by atoms with van der Waals surface area (Å²) in [5, 5.41) is 0. The Bertz CT molecular complexity index is 876. The molecule has 4 rings (SSSR count). The third kappa shape index (κ3) is 2.51. The lowest BCUT2D eigenvalue weighted by molar-refractivity contribution is 0.660. The molecule has 0 radical (unpaired) electrons. The second-order valence-electron chi connectivity index (χ2n) is 6.86. The quantitative estimate of drug-likeness (QED) is 0.442. The SMILES string of the molecule is CC1(C)c2ccc(I)cc2-c2cc(Cc3ccccc3)ccc21. The van der Waals surface area contributed by atoms with Gasteiger partial charge in [0.2, 0.25) is 0 Å². The summed E-state index contributed by atoms with van der Waals surface area (Å²) in [7, 11) is 0. The lowest BCUT2D eigenvalue weighted by Crippen LogP contribution is -2.14. The molecule has 0 atom stereocenters. The number of fused-ring (bicyclic) bond motifs is 3. The highest BCUT2D eigenvalue weighted by Crippen LogP contribution is 2.49. The van der Waals surface area contributed by atoms with Gasteiger partial charge in [0, 0.05) is 8.99 Å². The molecule has 0 amide bonds. The summed E-state index contributed by atoms with van der Waals surface area (Å²) in [6, 6.07) is 24.6. The topological polar surface area (TPSA) is 0 Å². The Kier molecular flexibility index (Phi) is 3.56. The Labute approximate surface area is 151 Å². The van der Waals surface area contributed by atoms with E-state index < -0.39 is 0 Å². The van der Waals surface area contributed by atoms with Gasteiger partial charge in [-0.3, -0.25) is 0 Å². The zero-order valence-corrected chi connectivity index (χ0v) is 15.6. The van der Waals surface area contributed by atoms with E-state index in [0.29, 0.717) is 0 Å². The number of halogens is 1. The maximum absolute atomic E-state index is 2.41. The fourth-order valence-electron chi connectivity index (χ4n) is 3.73. The lowest BCUT2D eigenvalue weighted by Gasteiger charge is -2.21. The number of benzene rings is 3. The molecule has 1 aliphatic carbocycles. The highest BCUT2D eigenvalue weighted by atomic mass is 127. The summed E-state index contributed by atoms with van der Waals surface area (Å²) < 4.78 is 1.30. The molecule has 0 nitrogen and oxygen atoms in total. The van der Waals surface area contributed by atoms with E-state index in [9.17, 15) is 0 Å². The predicted octanol–water partition coefficient (Wildman–Crippen LogP) is 6.19. The van der Waals surface area contributed by atoms with Crippen LogP contribution in [0.1, 0.15) is 36.1 Å². The molecule has 0 fully saturated rings. The van der Waals surface area contributed by atoms with Crippen molar-refractivity contribution < 1.29 is 0 Å². The van der Waals surface area contributed by atoms with Crippen molar-refractivity contribution >= 4 is 22.6 Å². The molecule has 114 valence electrons. The monoisotopic (exact) mass is 410 g/mol. The Morgan fingerprint density at radius 2 is 1.39 bits per heavy atom. The molecular formula is C22H19I. The van der Waals surface area contributed by atoms with Crippen LogP contribution in [0.5, 0.6) is 0 Å². The fraction of sp³-hybridized carbons (Fsp3) is 0.182. The van der Waals surface area contributed by atoms with Gasteiger partial charge < -0.3 is 0 Å². The molecule has 0 aromatic heterocycles. The van der Waals surface area contributed by atoms with Gasteiger partial charge in [-0.05, 0) is 74.5 Å². The standard InChI is InChI=1S/C22H19I/c1-22(2)20-10-8-16(12-15-6-4-3-5-7-15)13-18(20)19-14-17(23)9-11-21(19)22/h3-11,13-14H,12H2,1-2H3. The molecule has 0 saturated carbocycles. The van der Waals surface area contributed by atoms with Crippen molar-refractivity contribution in [2.75, 3.05) is 0 Å². The third-order valence-corrected chi connectivity index (χ3v) is 5.62. The van der Waals surface area contributed by atoms with Gasteiger partial charge in [-0.2, -0.15) is 0 Å². The molecule has 1 heteroatoms. The van der Waals surface area contributed by atoms with E-state index in [1.54, 1.807) is 0 Å². The second-order valence-corrected chi connectivity index (χ2v) is 8.10. The molecule has 0 unspecified atom stereocenters. The Hall–Kier alpha value is -1.61. The number of hydrogen-bond acceptors (Lipinski definition) is 0. The van der Waals surface area contributed by atoms with Gasteiger partial charge in [0.1, 0.15) is 0 Å². The fourth-order valence-corrected chi connectivity index (χ4v) is 4.22. The van der Waals surface area contributed by atoms with Crippen LogP contribution in [0.3, 0.4) is 0 Å². The first-order valence-corrected chi connectivity index (χ1v) is 9.11. The van der Waals surface area contributed by atoms with E-state index in [1.807, 2.05) is 0 Å².